The molecule has 0 fully saturated rings. The minimum absolute atomic E-state index is 0.129. The summed E-state index contributed by atoms with van der Waals surface area (Å²) in [6, 6.07) is 3.72. The zero-order valence-electron chi connectivity index (χ0n) is 9.05. The number of aromatic carboxylic acids is 1. The molecule has 0 radical (unpaired) electrons. The van der Waals surface area contributed by atoms with Gasteiger partial charge in [0.05, 0.1) is 17.6 Å². The molecule has 0 bridgehead atoms. The fraction of sp³-hybridized carbons (Fsp3) is 0.222. The zero-order chi connectivity index (χ0) is 13.2. The molecule has 0 saturated carbocycles. The van der Waals surface area contributed by atoms with E-state index in [0.29, 0.717) is 8.94 Å². The van der Waals surface area contributed by atoms with Gasteiger partial charge in [0.15, 0.2) is 0 Å². The molecule has 6 nitrogen and oxygen atoms in total. The summed E-state index contributed by atoms with van der Waals surface area (Å²) < 4.78 is 24.6. The van der Waals surface area contributed by atoms with Crippen LogP contribution in [0.5, 0.6) is 0 Å². The van der Waals surface area contributed by atoms with E-state index in [-0.39, 0.29) is 10.5 Å². The number of rotatable bonds is 4. The van der Waals surface area contributed by atoms with Crippen LogP contribution < -0.4 is 0 Å². The molecule has 0 aliphatic heterocycles. The molecule has 0 unspecified atom stereocenters. The molecule has 8 heteroatoms. The number of hydrogen-bond acceptors (Lipinski definition) is 4. The molecular weight excluding hydrogens is 314 g/mol. The van der Waals surface area contributed by atoms with Crippen molar-refractivity contribution < 1.29 is 23.2 Å². The number of carboxylic acid groups (broad SMARTS) is 1. The Morgan fingerprint density at radius 1 is 1.47 bits per heavy atom. The van der Waals surface area contributed by atoms with Gasteiger partial charge in [-0.05, 0) is 34.1 Å². The molecule has 17 heavy (non-hydrogen) atoms. The monoisotopic (exact) mass is 323 g/mol. The average molecular weight is 324 g/mol. The summed E-state index contributed by atoms with van der Waals surface area (Å²) in [6.07, 6.45) is 0. The van der Waals surface area contributed by atoms with E-state index in [9.17, 15) is 13.2 Å². The third kappa shape index (κ3) is 2.83. The second-order valence-electron chi connectivity index (χ2n) is 3.04. The minimum atomic E-state index is -3.83. The van der Waals surface area contributed by atoms with Crippen molar-refractivity contribution in [3.63, 3.8) is 0 Å². The summed E-state index contributed by atoms with van der Waals surface area (Å²) in [7, 11) is -1.41. The minimum Gasteiger partial charge on any atom is -0.478 e. The SMILES string of the molecule is CON(C)S(=O)(=O)c1ccc(Br)c(C(=O)O)c1. The van der Waals surface area contributed by atoms with Crippen molar-refractivity contribution in [3.8, 4) is 0 Å². The van der Waals surface area contributed by atoms with Crippen molar-refractivity contribution in [2.45, 2.75) is 4.90 Å². The highest BCUT2D eigenvalue weighted by Gasteiger charge is 2.22. The van der Waals surface area contributed by atoms with Crippen molar-refractivity contribution in [2.24, 2.45) is 0 Å². The number of halogens is 1. The Balaban J connectivity index is 3.35. The maximum atomic E-state index is 11.8. The molecule has 0 atom stereocenters. The first kappa shape index (κ1) is 14.1. The van der Waals surface area contributed by atoms with Crippen LogP contribution in [0.3, 0.4) is 0 Å². The lowest BCUT2D eigenvalue weighted by atomic mass is 10.2. The maximum absolute atomic E-state index is 11.8. The highest BCUT2D eigenvalue weighted by atomic mass is 79.9. The summed E-state index contributed by atoms with van der Waals surface area (Å²) in [5.41, 5.74) is -0.129. The molecule has 0 heterocycles. The Kier molecular flexibility index (Phi) is 4.26. The molecule has 1 rings (SSSR count). The molecule has 0 aliphatic carbocycles. The number of carbonyl (C=O) groups is 1. The van der Waals surface area contributed by atoms with Gasteiger partial charge in [0.2, 0.25) is 0 Å². The van der Waals surface area contributed by atoms with Gasteiger partial charge in [0.25, 0.3) is 10.0 Å². The third-order valence-corrected chi connectivity index (χ3v) is 4.43. The van der Waals surface area contributed by atoms with Gasteiger partial charge in [-0.2, -0.15) is 0 Å². The normalized spacial score (nSPS) is 11.8. The van der Waals surface area contributed by atoms with E-state index in [2.05, 4.69) is 20.8 Å². The molecule has 94 valence electrons. The van der Waals surface area contributed by atoms with Crippen molar-refractivity contribution >= 4 is 31.9 Å². The maximum Gasteiger partial charge on any atom is 0.336 e. The van der Waals surface area contributed by atoms with E-state index in [0.717, 1.165) is 6.07 Å². The molecule has 1 aromatic carbocycles. The second-order valence-corrected chi connectivity index (χ2v) is 5.83. The summed E-state index contributed by atoms with van der Waals surface area (Å²) in [5, 5.41) is 8.88. The van der Waals surface area contributed by atoms with Crippen LogP contribution in [-0.2, 0) is 14.9 Å². The van der Waals surface area contributed by atoms with Gasteiger partial charge < -0.3 is 5.11 Å². The molecular formula is C9H10BrNO5S. The third-order valence-electron chi connectivity index (χ3n) is 2.06. The molecule has 0 saturated heterocycles. The molecule has 0 spiro atoms. The van der Waals surface area contributed by atoms with Crippen molar-refractivity contribution in [1.29, 1.82) is 0 Å². The largest absolute Gasteiger partial charge is 0.478 e. The van der Waals surface area contributed by atoms with Crippen LogP contribution in [-0.4, -0.2) is 38.1 Å². The van der Waals surface area contributed by atoms with Gasteiger partial charge in [-0.25, -0.2) is 13.2 Å². The molecule has 1 N–H and O–H groups in total. The highest BCUT2D eigenvalue weighted by molar-refractivity contribution is 9.10. The van der Waals surface area contributed by atoms with E-state index in [1.807, 2.05) is 0 Å². The van der Waals surface area contributed by atoms with Crippen LogP contribution in [0.15, 0.2) is 27.6 Å². The quantitative estimate of drug-likeness (QED) is 0.845. The Hall–Kier alpha value is -0.960. The lowest BCUT2D eigenvalue weighted by molar-refractivity contribution is -0.0258. The number of hydrogen-bond donors (Lipinski definition) is 1. The highest BCUT2D eigenvalue weighted by Crippen LogP contribution is 2.22. The van der Waals surface area contributed by atoms with E-state index in [1.54, 1.807) is 0 Å². The predicted octanol–water partition coefficient (Wildman–Crippen LogP) is 1.33. The fourth-order valence-corrected chi connectivity index (χ4v) is 2.49. The Labute approximate surface area is 107 Å². The number of sulfonamides is 1. The van der Waals surface area contributed by atoms with Gasteiger partial charge in [-0.3, -0.25) is 4.84 Å². The van der Waals surface area contributed by atoms with Gasteiger partial charge in [0, 0.05) is 11.5 Å². The van der Waals surface area contributed by atoms with Gasteiger partial charge in [0.1, 0.15) is 0 Å². The smallest absolute Gasteiger partial charge is 0.336 e. The first-order valence-corrected chi connectivity index (χ1v) is 6.60. The molecule has 1 aromatic rings. The summed E-state index contributed by atoms with van der Waals surface area (Å²) in [6.45, 7) is 0. The summed E-state index contributed by atoms with van der Waals surface area (Å²) >= 11 is 3.03. The lowest BCUT2D eigenvalue weighted by Gasteiger charge is -2.14. The summed E-state index contributed by atoms with van der Waals surface area (Å²) in [4.78, 5) is 15.3. The van der Waals surface area contributed by atoms with E-state index in [4.69, 9.17) is 5.11 Å². The second kappa shape index (κ2) is 5.13. The van der Waals surface area contributed by atoms with Gasteiger partial charge in [-0.1, -0.05) is 4.47 Å². The van der Waals surface area contributed by atoms with E-state index in [1.165, 1.54) is 26.3 Å². The fourth-order valence-electron chi connectivity index (χ4n) is 1.08. The topological polar surface area (TPSA) is 83.9 Å². The number of benzene rings is 1. The van der Waals surface area contributed by atoms with Crippen LogP contribution in [0, 0.1) is 0 Å². The Morgan fingerprint density at radius 3 is 2.53 bits per heavy atom. The van der Waals surface area contributed by atoms with Crippen molar-refractivity contribution in [3.05, 3.63) is 28.2 Å². The Bertz CT molecular complexity index is 542. The van der Waals surface area contributed by atoms with E-state index < -0.39 is 16.0 Å². The first-order valence-electron chi connectivity index (χ1n) is 4.36. The number of carboxylic acids is 1. The molecule has 0 aromatic heterocycles. The summed E-state index contributed by atoms with van der Waals surface area (Å²) in [5.74, 6) is -1.21. The predicted molar refractivity (Wildman–Crippen MR) is 63.1 cm³/mol. The van der Waals surface area contributed by atoms with Crippen molar-refractivity contribution in [2.75, 3.05) is 14.2 Å². The van der Waals surface area contributed by atoms with Crippen molar-refractivity contribution in [1.82, 2.24) is 4.47 Å². The lowest BCUT2D eigenvalue weighted by Crippen LogP contribution is -2.25. The Morgan fingerprint density at radius 2 is 2.06 bits per heavy atom. The molecule has 0 amide bonds. The number of nitrogens with zero attached hydrogens (tertiary/aromatic N) is 1. The van der Waals surface area contributed by atoms with Crippen LogP contribution in [0.4, 0.5) is 0 Å². The van der Waals surface area contributed by atoms with Gasteiger partial charge >= 0.3 is 5.97 Å². The first-order chi connectivity index (χ1) is 7.80. The average Bonchev–Trinajstić information content (AvgIpc) is 2.27. The van der Waals surface area contributed by atoms with Crippen LogP contribution in [0.25, 0.3) is 0 Å². The number of hydroxylamine groups is 1. The standard InChI is InChI=1S/C9H10BrNO5S/c1-11(16-2)17(14,15)6-3-4-8(10)7(5-6)9(12)13/h3-5H,1-2H3,(H,12,13). The molecule has 0 aliphatic rings. The van der Waals surface area contributed by atoms with Crippen LogP contribution in [0.1, 0.15) is 10.4 Å². The zero-order valence-corrected chi connectivity index (χ0v) is 11.4. The van der Waals surface area contributed by atoms with E-state index >= 15 is 0 Å². The van der Waals surface area contributed by atoms with Crippen LogP contribution in [0.2, 0.25) is 0 Å². The van der Waals surface area contributed by atoms with Gasteiger partial charge in [-0.15, -0.1) is 0 Å². The van der Waals surface area contributed by atoms with Crippen LogP contribution >= 0.6 is 15.9 Å².